The molecule has 0 aliphatic carbocycles. The van der Waals surface area contributed by atoms with Gasteiger partial charge in [-0.3, -0.25) is 19.8 Å². The van der Waals surface area contributed by atoms with Crippen molar-refractivity contribution in [3.63, 3.8) is 0 Å². The van der Waals surface area contributed by atoms with E-state index in [-0.39, 0.29) is 22.9 Å². The van der Waals surface area contributed by atoms with Gasteiger partial charge in [0, 0.05) is 10.5 Å². The summed E-state index contributed by atoms with van der Waals surface area (Å²) in [5, 5.41) is 15.6. The quantitative estimate of drug-likeness (QED) is 0.709. The van der Waals surface area contributed by atoms with Gasteiger partial charge in [-0.25, -0.2) is 4.79 Å². The minimum Gasteiger partial charge on any atom is -0.477 e. The fourth-order valence-electron chi connectivity index (χ4n) is 4.72. The van der Waals surface area contributed by atoms with Crippen LogP contribution in [0.3, 0.4) is 0 Å². The van der Waals surface area contributed by atoms with Crippen molar-refractivity contribution in [3.05, 3.63) is 46.5 Å². The van der Waals surface area contributed by atoms with E-state index in [4.69, 9.17) is 0 Å². The predicted molar refractivity (Wildman–Crippen MR) is 116 cm³/mol. The standard InChI is InChI=1S/C21H21N3O4S2/c1-10-9-30-19-16(18(26)23(19)15(10)20(27)28)24-17(25)14(22-21(24,2)3)12-5-4-6-13-11(12)7-8-29-13/h4-8,14,16,19,22H,9H2,1-3H3,(H,27,28)/t14?,16-,19+/m1/s1. The highest BCUT2D eigenvalue weighted by molar-refractivity contribution is 8.00. The molecule has 2 fully saturated rings. The van der Waals surface area contributed by atoms with Crippen LogP contribution in [0.2, 0.25) is 0 Å². The van der Waals surface area contributed by atoms with Crippen molar-refractivity contribution in [2.75, 3.05) is 5.75 Å². The van der Waals surface area contributed by atoms with Crippen LogP contribution in [-0.2, 0) is 14.4 Å². The molecule has 0 bridgehead atoms. The number of thiophene rings is 1. The molecule has 1 aromatic carbocycles. The van der Waals surface area contributed by atoms with Crippen LogP contribution in [0.25, 0.3) is 10.1 Å². The van der Waals surface area contributed by atoms with Crippen molar-refractivity contribution < 1.29 is 19.5 Å². The minimum atomic E-state index is -1.10. The fraction of sp³-hybridized carbons (Fsp3) is 0.381. The first-order valence-corrected chi connectivity index (χ1v) is 11.6. The molecule has 4 heterocycles. The third-order valence-electron chi connectivity index (χ3n) is 6.04. The number of amides is 2. The normalized spacial score (nSPS) is 28.2. The van der Waals surface area contributed by atoms with Crippen molar-refractivity contribution in [3.8, 4) is 0 Å². The van der Waals surface area contributed by atoms with Crippen LogP contribution in [-0.4, -0.2) is 55.5 Å². The molecule has 1 aromatic heterocycles. The first kappa shape index (κ1) is 19.6. The van der Waals surface area contributed by atoms with Crippen molar-refractivity contribution in [2.45, 2.75) is 43.9 Å². The van der Waals surface area contributed by atoms with E-state index in [1.807, 2.05) is 43.5 Å². The molecule has 30 heavy (non-hydrogen) atoms. The van der Waals surface area contributed by atoms with Crippen LogP contribution in [0.1, 0.15) is 32.4 Å². The Morgan fingerprint density at radius 2 is 2.00 bits per heavy atom. The summed E-state index contributed by atoms with van der Waals surface area (Å²) < 4.78 is 1.11. The van der Waals surface area contributed by atoms with E-state index in [0.717, 1.165) is 15.6 Å². The van der Waals surface area contributed by atoms with Crippen LogP contribution in [0.4, 0.5) is 0 Å². The van der Waals surface area contributed by atoms with Gasteiger partial charge in [-0.15, -0.1) is 23.1 Å². The van der Waals surface area contributed by atoms with E-state index in [2.05, 4.69) is 5.32 Å². The van der Waals surface area contributed by atoms with Gasteiger partial charge >= 0.3 is 5.97 Å². The summed E-state index contributed by atoms with van der Waals surface area (Å²) in [7, 11) is 0. The third kappa shape index (κ3) is 2.58. The largest absolute Gasteiger partial charge is 0.477 e. The molecule has 7 nitrogen and oxygen atoms in total. The number of nitrogens with zero attached hydrogens (tertiary/aromatic N) is 2. The lowest BCUT2D eigenvalue weighted by Gasteiger charge is -2.54. The second-order valence-electron chi connectivity index (χ2n) is 8.31. The average molecular weight is 444 g/mol. The zero-order valence-corrected chi connectivity index (χ0v) is 18.3. The van der Waals surface area contributed by atoms with E-state index in [1.54, 1.807) is 23.2 Å². The molecule has 156 valence electrons. The summed E-state index contributed by atoms with van der Waals surface area (Å²) in [5.41, 5.74) is 0.878. The van der Waals surface area contributed by atoms with Crippen molar-refractivity contribution in [1.82, 2.24) is 15.1 Å². The number of nitrogens with one attached hydrogen (secondary N) is 1. The Balaban J connectivity index is 1.50. The molecule has 0 radical (unpaired) electrons. The molecule has 2 aromatic rings. The number of aliphatic carboxylic acids is 1. The molecular formula is C21H21N3O4S2. The fourth-order valence-corrected chi connectivity index (χ4v) is 6.88. The highest BCUT2D eigenvalue weighted by Gasteiger charge is 2.62. The summed E-state index contributed by atoms with van der Waals surface area (Å²) in [4.78, 5) is 41.3. The maximum Gasteiger partial charge on any atom is 0.352 e. The summed E-state index contributed by atoms with van der Waals surface area (Å²) in [6.07, 6.45) is 0. The number of carboxylic acid groups (broad SMARTS) is 1. The van der Waals surface area contributed by atoms with Crippen LogP contribution < -0.4 is 5.32 Å². The molecule has 0 spiro atoms. The number of carbonyl (C=O) groups is 3. The maximum atomic E-state index is 13.6. The number of rotatable bonds is 3. The topological polar surface area (TPSA) is 90.0 Å². The van der Waals surface area contributed by atoms with Crippen molar-refractivity contribution in [1.29, 1.82) is 0 Å². The lowest BCUT2D eigenvalue weighted by Crippen LogP contribution is -2.73. The smallest absolute Gasteiger partial charge is 0.352 e. The average Bonchev–Trinajstić information content (AvgIpc) is 3.25. The first-order chi connectivity index (χ1) is 14.2. The van der Waals surface area contributed by atoms with Gasteiger partial charge < -0.3 is 10.0 Å². The van der Waals surface area contributed by atoms with Gasteiger partial charge in [-0.1, -0.05) is 12.1 Å². The van der Waals surface area contributed by atoms with Gasteiger partial charge in [0.2, 0.25) is 5.91 Å². The molecule has 1 unspecified atom stereocenters. The molecule has 9 heteroatoms. The Morgan fingerprint density at radius 1 is 1.23 bits per heavy atom. The van der Waals surface area contributed by atoms with Gasteiger partial charge in [-0.05, 0) is 54.8 Å². The predicted octanol–water partition coefficient (Wildman–Crippen LogP) is 2.75. The Kier molecular flexibility index (Phi) is 4.29. The molecule has 3 atom stereocenters. The van der Waals surface area contributed by atoms with E-state index >= 15 is 0 Å². The number of thioether (sulfide) groups is 1. The molecule has 3 aliphatic heterocycles. The van der Waals surface area contributed by atoms with E-state index in [1.165, 1.54) is 16.7 Å². The number of benzene rings is 1. The second-order valence-corrected chi connectivity index (χ2v) is 10.4. The SMILES string of the molecule is CC1=C(C(=O)O)N2C(=O)[C@@H](N3C(=O)C(c4cccc5sccc45)NC3(C)C)[C@@H]2SC1. The second kappa shape index (κ2) is 6.57. The van der Waals surface area contributed by atoms with Gasteiger partial charge in [0.05, 0.1) is 5.66 Å². The van der Waals surface area contributed by atoms with Crippen molar-refractivity contribution in [2.24, 2.45) is 0 Å². The summed E-state index contributed by atoms with van der Waals surface area (Å²) in [5.74, 6) is -1.06. The molecule has 2 N–H and O–H groups in total. The van der Waals surface area contributed by atoms with Crippen LogP contribution in [0, 0.1) is 0 Å². The number of β-lactam (4-membered cyclic amide) rings is 1. The van der Waals surface area contributed by atoms with E-state index < -0.39 is 23.7 Å². The lowest BCUT2D eigenvalue weighted by atomic mass is 9.98. The molecule has 3 aliphatic rings. The third-order valence-corrected chi connectivity index (χ3v) is 8.33. The Hall–Kier alpha value is -2.36. The van der Waals surface area contributed by atoms with Gasteiger partial charge in [-0.2, -0.15) is 0 Å². The summed E-state index contributed by atoms with van der Waals surface area (Å²) >= 11 is 3.13. The molecule has 0 saturated carbocycles. The molecule has 2 saturated heterocycles. The molecule has 2 amide bonds. The highest BCUT2D eigenvalue weighted by Crippen LogP contribution is 2.46. The minimum absolute atomic E-state index is 0.0528. The number of hydrogen-bond donors (Lipinski definition) is 2. The van der Waals surface area contributed by atoms with E-state index in [9.17, 15) is 19.5 Å². The van der Waals surface area contributed by atoms with Crippen LogP contribution in [0.15, 0.2) is 40.9 Å². The number of carboxylic acids is 1. The lowest BCUT2D eigenvalue weighted by molar-refractivity contribution is -0.162. The Bertz CT molecular complexity index is 1140. The van der Waals surface area contributed by atoms with Gasteiger partial charge in [0.1, 0.15) is 23.2 Å². The Labute approximate surface area is 181 Å². The van der Waals surface area contributed by atoms with Gasteiger partial charge in [0.15, 0.2) is 0 Å². The zero-order valence-electron chi connectivity index (χ0n) is 16.7. The van der Waals surface area contributed by atoms with Crippen LogP contribution in [0.5, 0.6) is 0 Å². The molecule has 5 rings (SSSR count). The van der Waals surface area contributed by atoms with Crippen LogP contribution >= 0.6 is 23.1 Å². The highest BCUT2D eigenvalue weighted by atomic mass is 32.2. The number of carbonyl (C=O) groups excluding carboxylic acids is 2. The maximum absolute atomic E-state index is 13.6. The molecular weight excluding hydrogens is 422 g/mol. The summed E-state index contributed by atoms with van der Waals surface area (Å²) in [6, 6.07) is 6.70. The first-order valence-electron chi connectivity index (χ1n) is 9.67. The Morgan fingerprint density at radius 3 is 2.73 bits per heavy atom. The number of hydrogen-bond acceptors (Lipinski definition) is 6. The summed E-state index contributed by atoms with van der Waals surface area (Å²) in [6.45, 7) is 5.51. The number of fused-ring (bicyclic) bond motifs is 2. The van der Waals surface area contributed by atoms with E-state index in [0.29, 0.717) is 11.3 Å². The van der Waals surface area contributed by atoms with Crippen molar-refractivity contribution >= 4 is 51.0 Å². The zero-order chi connectivity index (χ0) is 21.4. The van der Waals surface area contributed by atoms with Gasteiger partial charge in [0.25, 0.3) is 5.91 Å². The monoisotopic (exact) mass is 443 g/mol.